The molecule has 0 bridgehead atoms. The molecule has 0 heterocycles. The average Bonchev–Trinajstić information content (AvgIpc) is 1.97. The average molecular weight is 219 g/mol. The van der Waals surface area contributed by atoms with Gasteiger partial charge in [-0.2, -0.15) is 0 Å². The van der Waals surface area contributed by atoms with Crippen molar-refractivity contribution in [2.75, 3.05) is 0 Å². The molecule has 0 aliphatic heterocycles. The van der Waals surface area contributed by atoms with E-state index in [4.69, 9.17) is 0 Å². The van der Waals surface area contributed by atoms with Gasteiger partial charge in [0.1, 0.15) is 0 Å². The molecule has 0 aromatic heterocycles. The highest BCUT2D eigenvalue weighted by molar-refractivity contribution is 9.18. The van der Waals surface area contributed by atoms with Crippen molar-refractivity contribution >= 4 is 20.6 Å². The number of carbonyl (C=O) groups excluding carboxylic acids is 1. The third kappa shape index (κ3) is 6.29. The van der Waals surface area contributed by atoms with Crippen molar-refractivity contribution in [2.45, 2.75) is 39.5 Å². The quantitative estimate of drug-likeness (QED) is 0.393. The maximum atomic E-state index is 10.7. The van der Waals surface area contributed by atoms with Crippen molar-refractivity contribution in [2.24, 2.45) is 0 Å². The topological polar surface area (TPSA) is 17.1 Å². The molecule has 0 N–H and O–H groups in total. The van der Waals surface area contributed by atoms with Crippen LogP contribution in [0.15, 0.2) is 11.6 Å². The lowest BCUT2D eigenvalue weighted by Crippen LogP contribution is -1.86. The molecule has 11 heavy (non-hydrogen) atoms. The summed E-state index contributed by atoms with van der Waals surface area (Å²) >= 11 is 2.90. The van der Waals surface area contributed by atoms with Crippen LogP contribution in [-0.2, 0) is 4.79 Å². The molecule has 0 aromatic carbocycles. The first-order chi connectivity index (χ1) is 5.18. The van der Waals surface area contributed by atoms with Gasteiger partial charge >= 0.3 is 0 Å². The van der Waals surface area contributed by atoms with Crippen LogP contribution in [-0.4, -0.2) is 4.69 Å². The minimum Gasteiger partial charge on any atom is -0.281 e. The summed E-state index contributed by atoms with van der Waals surface area (Å²) in [5.74, 6) is 0. The summed E-state index contributed by atoms with van der Waals surface area (Å²) in [6, 6.07) is 0. The van der Waals surface area contributed by atoms with Crippen molar-refractivity contribution in [3.05, 3.63) is 11.6 Å². The van der Waals surface area contributed by atoms with Crippen LogP contribution in [0.25, 0.3) is 0 Å². The van der Waals surface area contributed by atoms with E-state index in [9.17, 15) is 4.79 Å². The molecule has 0 amide bonds. The predicted molar refractivity (Wildman–Crippen MR) is 51.8 cm³/mol. The molecule has 0 saturated heterocycles. The summed E-state index contributed by atoms with van der Waals surface area (Å²) in [7, 11) is 0. The van der Waals surface area contributed by atoms with E-state index < -0.39 is 0 Å². The molecule has 2 heteroatoms. The first-order valence-electron chi connectivity index (χ1n) is 4.05. The molecule has 0 aliphatic carbocycles. The van der Waals surface area contributed by atoms with E-state index in [1.807, 2.05) is 13.0 Å². The number of unbranched alkanes of at least 4 members (excludes halogenated alkanes) is 3. The molecular formula is C9H15BrO. The van der Waals surface area contributed by atoms with Gasteiger partial charge in [-0.1, -0.05) is 25.8 Å². The van der Waals surface area contributed by atoms with Crippen LogP contribution in [0.3, 0.4) is 0 Å². The summed E-state index contributed by atoms with van der Waals surface area (Å²) in [6.07, 6.45) is 6.69. The fraction of sp³-hybridized carbons (Fsp3) is 0.667. The normalized spacial score (nSPS) is 11.7. The molecule has 0 fully saturated rings. The maximum Gasteiger partial charge on any atom is 0.223 e. The number of halogens is 1. The second-order valence-electron chi connectivity index (χ2n) is 2.66. The van der Waals surface area contributed by atoms with E-state index in [0.29, 0.717) is 0 Å². The van der Waals surface area contributed by atoms with Crippen LogP contribution < -0.4 is 0 Å². The van der Waals surface area contributed by atoms with E-state index in [0.717, 1.165) is 12.0 Å². The number of carbonyl (C=O) groups is 1. The van der Waals surface area contributed by atoms with Gasteiger partial charge in [0.25, 0.3) is 0 Å². The molecule has 1 nitrogen and oxygen atoms in total. The number of rotatable bonds is 5. The zero-order valence-electron chi connectivity index (χ0n) is 7.19. The summed E-state index contributed by atoms with van der Waals surface area (Å²) in [5.41, 5.74) is 0.820. The summed E-state index contributed by atoms with van der Waals surface area (Å²) in [4.78, 5) is 10.7. The Labute approximate surface area is 77.0 Å². The van der Waals surface area contributed by atoms with Crippen LogP contribution in [0.2, 0.25) is 0 Å². The van der Waals surface area contributed by atoms with Gasteiger partial charge in [-0.15, -0.1) is 0 Å². The zero-order valence-corrected chi connectivity index (χ0v) is 8.78. The molecule has 0 unspecified atom stereocenters. The van der Waals surface area contributed by atoms with E-state index in [-0.39, 0.29) is 4.69 Å². The Bertz CT molecular complexity index is 150. The van der Waals surface area contributed by atoms with Crippen molar-refractivity contribution in [1.82, 2.24) is 0 Å². The van der Waals surface area contributed by atoms with Gasteiger partial charge in [-0.3, -0.25) is 4.79 Å². The van der Waals surface area contributed by atoms with Crippen LogP contribution >= 0.6 is 15.9 Å². The van der Waals surface area contributed by atoms with E-state index >= 15 is 0 Å². The highest BCUT2D eigenvalue weighted by Gasteiger charge is 1.95. The van der Waals surface area contributed by atoms with Crippen molar-refractivity contribution in [1.29, 1.82) is 0 Å². The lowest BCUT2D eigenvalue weighted by atomic mass is 10.1. The van der Waals surface area contributed by atoms with Crippen molar-refractivity contribution in [3.63, 3.8) is 0 Å². The zero-order chi connectivity index (χ0) is 8.69. The summed E-state index contributed by atoms with van der Waals surface area (Å²) in [5, 5.41) is 0. The lowest BCUT2D eigenvalue weighted by Gasteiger charge is -1.93. The molecule has 0 atom stereocenters. The third-order valence-corrected chi connectivity index (χ3v) is 2.19. The van der Waals surface area contributed by atoms with Gasteiger partial charge in [0.15, 0.2) is 0 Å². The summed E-state index contributed by atoms with van der Waals surface area (Å²) in [6.45, 7) is 4.01. The Balaban J connectivity index is 3.48. The Kier molecular flexibility index (Phi) is 6.52. The van der Waals surface area contributed by atoms with Gasteiger partial charge < -0.3 is 0 Å². The number of hydrogen-bond acceptors (Lipinski definition) is 1. The Morgan fingerprint density at radius 2 is 2.09 bits per heavy atom. The predicted octanol–water partition coefficient (Wildman–Crippen LogP) is 3.43. The Morgan fingerprint density at radius 3 is 2.55 bits per heavy atom. The standard InChI is InChI=1S/C9H15BrO/c1-3-4-5-6-7-8(2)9(10)11/h7H,3-6H2,1-2H3/b8-7-. The van der Waals surface area contributed by atoms with Crippen LogP contribution in [0.5, 0.6) is 0 Å². The monoisotopic (exact) mass is 218 g/mol. The van der Waals surface area contributed by atoms with E-state index in [2.05, 4.69) is 22.9 Å². The van der Waals surface area contributed by atoms with Crippen LogP contribution in [0.1, 0.15) is 39.5 Å². The van der Waals surface area contributed by atoms with Crippen molar-refractivity contribution in [3.8, 4) is 0 Å². The highest BCUT2D eigenvalue weighted by Crippen LogP contribution is 2.06. The highest BCUT2D eigenvalue weighted by atomic mass is 79.9. The molecule has 64 valence electrons. The fourth-order valence-electron chi connectivity index (χ4n) is 0.793. The van der Waals surface area contributed by atoms with E-state index in [1.165, 1.54) is 19.3 Å². The first-order valence-corrected chi connectivity index (χ1v) is 4.84. The number of hydrogen-bond donors (Lipinski definition) is 0. The number of allylic oxidation sites excluding steroid dienone is 2. The molecule has 0 saturated carbocycles. The lowest BCUT2D eigenvalue weighted by molar-refractivity contribution is -0.107. The first kappa shape index (κ1) is 10.9. The fourth-order valence-corrected chi connectivity index (χ4v) is 0.955. The third-order valence-electron chi connectivity index (χ3n) is 1.57. The Morgan fingerprint density at radius 1 is 1.45 bits per heavy atom. The van der Waals surface area contributed by atoms with Gasteiger partial charge in [-0.25, -0.2) is 0 Å². The molecule has 0 aromatic rings. The summed E-state index contributed by atoms with van der Waals surface area (Å²) < 4.78 is 0.00833. The van der Waals surface area contributed by atoms with Gasteiger partial charge in [-0.05, 0) is 41.3 Å². The van der Waals surface area contributed by atoms with Gasteiger partial charge in [0.05, 0.1) is 0 Å². The SMILES string of the molecule is CCCCC/C=C(/C)C(=O)Br. The molecule has 0 radical (unpaired) electrons. The molecule has 0 spiro atoms. The van der Waals surface area contributed by atoms with Gasteiger partial charge in [0, 0.05) is 0 Å². The maximum absolute atomic E-state index is 10.7. The minimum absolute atomic E-state index is 0.00833. The van der Waals surface area contributed by atoms with Crippen LogP contribution in [0.4, 0.5) is 0 Å². The second kappa shape index (κ2) is 6.59. The molecule has 0 rings (SSSR count). The second-order valence-corrected chi connectivity index (χ2v) is 3.38. The van der Waals surface area contributed by atoms with Crippen molar-refractivity contribution < 1.29 is 4.79 Å². The smallest absolute Gasteiger partial charge is 0.223 e. The van der Waals surface area contributed by atoms with Gasteiger partial charge in [0.2, 0.25) is 4.69 Å². The van der Waals surface area contributed by atoms with Crippen LogP contribution in [0, 0.1) is 0 Å². The molecular weight excluding hydrogens is 204 g/mol. The minimum atomic E-state index is 0.00833. The Hall–Kier alpha value is -0.110. The van der Waals surface area contributed by atoms with E-state index in [1.54, 1.807) is 0 Å². The largest absolute Gasteiger partial charge is 0.281 e. The molecule has 0 aliphatic rings.